The number of methoxy groups -OCH3 is 1. The standard InChI is InChI=1S/C18H16N4O4/c1-23-15-11-4-2-3-5-13(11)25-16(15)17-20-18(26-22-17)12-8-19-21-14(12)10-6-7-24-9-10/h2-5,8,10H,6-7,9H2,1H3,(H,19,21). The molecule has 0 bridgehead atoms. The van der Waals surface area contributed by atoms with Gasteiger partial charge in [0.15, 0.2) is 5.75 Å². The highest BCUT2D eigenvalue weighted by Gasteiger charge is 2.27. The number of hydrogen-bond acceptors (Lipinski definition) is 7. The van der Waals surface area contributed by atoms with Crippen molar-refractivity contribution in [1.29, 1.82) is 0 Å². The topological polar surface area (TPSA) is 99.2 Å². The molecule has 0 amide bonds. The van der Waals surface area contributed by atoms with E-state index in [1.807, 2.05) is 24.3 Å². The highest BCUT2D eigenvalue weighted by molar-refractivity contribution is 5.90. The fraction of sp³-hybridized carbons (Fsp3) is 0.278. The van der Waals surface area contributed by atoms with Crippen LogP contribution in [0.5, 0.6) is 5.75 Å². The van der Waals surface area contributed by atoms with Gasteiger partial charge in [0.25, 0.3) is 5.89 Å². The molecule has 1 saturated heterocycles. The maximum Gasteiger partial charge on any atom is 0.261 e. The Morgan fingerprint density at radius 3 is 3.04 bits per heavy atom. The third-order valence-corrected chi connectivity index (χ3v) is 4.62. The highest BCUT2D eigenvalue weighted by Crippen LogP contribution is 2.39. The Bertz CT molecular complexity index is 1060. The molecule has 0 saturated carbocycles. The van der Waals surface area contributed by atoms with Gasteiger partial charge in [0.2, 0.25) is 11.6 Å². The summed E-state index contributed by atoms with van der Waals surface area (Å²) in [6.07, 6.45) is 2.63. The molecule has 26 heavy (non-hydrogen) atoms. The lowest BCUT2D eigenvalue weighted by Gasteiger charge is -2.05. The van der Waals surface area contributed by atoms with E-state index in [-0.39, 0.29) is 5.92 Å². The number of para-hydroxylation sites is 1. The molecule has 8 nitrogen and oxygen atoms in total. The van der Waals surface area contributed by atoms with Crippen LogP contribution in [0.15, 0.2) is 39.4 Å². The Morgan fingerprint density at radius 2 is 2.19 bits per heavy atom. The second kappa shape index (κ2) is 5.99. The summed E-state index contributed by atoms with van der Waals surface area (Å²) in [5, 5.41) is 12.1. The molecule has 1 unspecified atom stereocenters. The number of nitrogens with one attached hydrogen (secondary N) is 1. The smallest absolute Gasteiger partial charge is 0.261 e. The zero-order chi connectivity index (χ0) is 17.5. The number of nitrogens with zero attached hydrogens (tertiary/aromatic N) is 3. The normalized spacial score (nSPS) is 17.2. The van der Waals surface area contributed by atoms with Gasteiger partial charge in [-0.15, -0.1) is 0 Å². The van der Waals surface area contributed by atoms with Crippen molar-refractivity contribution in [1.82, 2.24) is 20.3 Å². The van der Waals surface area contributed by atoms with Crippen LogP contribution in [-0.4, -0.2) is 40.7 Å². The SMILES string of the molecule is COc1c(-c2noc(-c3cn[nH]c3C3CCOC3)n2)oc2ccccc12. The van der Waals surface area contributed by atoms with E-state index in [4.69, 9.17) is 18.4 Å². The molecule has 132 valence electrons. The van der Waals surface area contributed by atoms with Crippen LogP contribution < -0.4 is 4.74 Å². The van der Waals surface area contributed by atoms with Crippen LogP contribution in [0.1, 0.15) is 18.0 Å². The average molecular weight is 352 g/mol. The maximum absolute atomic E-state index is 5.88. The van der Waals surface area contributed by atoms with Gasteiger partial charge in [0.1, 0.15) is 5.58 Å². The van der Waals surface area contributed by atoms with Crippen LogP contribution in [0.25, 0.3) is 34.0 Å². The molecule has 4 heterocycles. The van der Waals surface area contributed by atoms with E-state index in [0.29, 0.717) is 35.4 Å². The first-order chi connectivity index (χ1) is 12.8. The fourth-order valence-corrected chi connectivity index (χ4v) is 3.34. The molecular weight excluding hydrogens is 336 g/mol. The quantitative estimate of drug-likeness (QED) is 0.601. The van der Waals surface area contributed by atoms with Gasteiger partial charge in [0.05, 0.1) is 36.6 Å². The monoisotopic (exact) mass is 352 g/mol. The average Bonchev–Trinajstić information content (AvgIpc) is 3.46. The summed E-state index contributed by atoms with van der Waals surface area (Å²) in [6.45, 7) is 1.40. The van der Waals surface area contributed by atoms with Crippen LogP contribution in [0.2, 0.25) is 0 Å². The second-order valence-electron chi connectivity index (χ2n) is 6.14. The van der Waals surface area contributed by atoms with E-state index >= 15 is 0 Å². The molecule has 4 aromatic rings. The lowest BCUT2D eigenvalue weighted by atomic mass is 10.0. The summed E-state index contributed by atoms with van der Waals surface area (Å²) in [5.41, 5.74) is 2.45. The zero-order valence-corrected chi connectivity index (χ0v) is 14.1. The number of rotatable bonds is 4. The summed E-state index contributed by atoms with van der Waals surface area (Å²) in [5.74, 6) is 2.01. The number of aromatic amines is 1. The van der Waals surface area contributed by atoms with Gasteiger partial charge in [-0.05, 0) is 18.6 Å². The van der Waals surface area contributed by atoms with Gasteiger partial charge in [-0.1, -0.05) is 17.3 Å². The number of aromatic nitrogens is 4. The first-order valence-electron chi connectivity index (χ1n) is 8.36. The Labute approximate surface area is 148 Å². The summed E-state index contributed by atoms with van der Waals surface area (Å²) in [4.78, 5) is 4.51. The molecule has 5 rings (SSSR count). The molecule has 1 aliphatic rings. The Balaban J connectivity index is 1.57. The van der Waals surface area contributed by atoms with Crippen molar-refractivity contribution in [3.63, 3.8) is 0 Å². The summed E-state index contributed by atoms with van der Waals surface area (Å²) in [6, 6.07) is 7.62. The van der Waals surface area contributed by atoms with Crippen molar-refractivity contribution in [2.24, 2.45) is 0 Å². The molecule has 1 N–H and O–H groups in total. The zero-order valence-electron chi connectivity index (χ0n) is 14.1. The van der Waals surface area contributed by atoms with Crippen LogP contribution in [-0.2, 0) is 4.74 Å². The summed E-state index contributed by atoms with van der Waals surface area (Å²) < 4.78 is 22.3. The third kappa shape index (κ3) is 2.30. The molecule has 1 aliphatic heterocycles. The van der Waals surface area contributed by atoms with E-state index in [1.165, 1.54) is 0 Å². The molecule has 0 spiro atoms. The van der Waals surface area contributed by atoms with E-state index in [1.54, 1.807) is 13.3 Å². The molecular formula is C18H16N4O4. The van der Waals surface area contributed by atoms with Crippen LogP contribution in [0, 0.1) is 0 Å². The first kappa shape index (κ1) is 15.2. The predicted molar refractivity (Wildman–Crippen MR) is 91.8 cm³/mol. The van der Waals surface area contributed by atoms with Crippen molar-refractivity contribution in [2.45, 2.75) is 12.3 Å². The molecule has 1 atom stereocenters. The van der Waals surface area contributed by atoms with E-state index in [2.05, 4.69) is 20.3 Å². The van der Waals surface area contributed by atoms with Gasteiger partial charge < -0.3 is 18.4 Å². The lowest BCUT2D eigenvalue weighted by molar-refractivity contribution is 0.193. The van der Waals surface area contributed by atoms with Crippen molar-refractivity contribution in [2.75, 3.05) is 20.3 Å². The van der Waals surface area contributed by atoms with E-state index < -0.39 is 0 Å². The number of benzene rings is 1. The summed E-state index contributed by atoms with van der Waals surface area (Å²) >= 11 is 0. The molecule has 8 heteroatoms. The van der Waals surface area contributed by atoms with Crippen molar-refractivity contribution < 1.29 is 18.4 Å². The van der Waals surface area contributed by atoms with Gasteiger partial charge in [-0.25, -0.2) is 0 Å². The molecule has 1 aromatic carbocycles. The predicted octanol–water partition coefficient (Wildman–Crippen LogP) is 3.39. The number of H-pyrrole nitrogens is 1. The van der Waals surface area contributed by atoms with Crippen molar-refractivity contribution in [3.05, 3.63) is 36.2 Å². The maximum atomic E-state index is 5.88. The van der Waals surface area contributed by atoms with Gasteiger partial charge in [-0.2, -0.15) is 10.1 Å². The minimum Gasteiger partial charge on any atom is -0.492 e. The van der Waals surface area contributed by atoms with Gasteiger partial charge in [0, 0.05) is 12.5 Å². The molecule has 0 radical (unpaired) electrons. The fourth-order valence-electron chi connectivity index (χ4n) is 3.34. The molecule has 1 fully saturated rings. The molecule has 0 aliphatic carbocycles. The number of fused-ring (bicyclic) bond motifs is 1. The summed E-state index contributed by atoms with van der Waals surface area (Å²) in [7, 11) is 1.59. The van der Waals surface area contributed by atoms with E-state index in [9.17, 15) is 0 Å². The minimum atomic E-state index is 0.253. The van der Waals surface area contributed by atoms with Gasteiger partial charge in [-0.3, -0.25) is 5.10 Å². The van der Waals surface area contributed by atoms with Crippen LogP contribution in [0.3, 0.4) is 0 Å². The lowest BCUT2D eigenvalue weighted by Crippen LogP contribution is -2.00. The first-order valence-corrected chi connectivity index (χ1v) is 8.36. The van der Waals surface area contributed by atoms with Crippen LogP contribution >= 0.6 is 0 Å². The van der Waals surface area contributed by atoms with Gasteiger partial charge >= 0.3 is 0 Å². The third-order valence-electron chi connectivity index (χ3n) is 4.62. The molecule has 3 aromatic heterocycles. The Kier molecular flexibility index (Phi) is 3.49. The van der Waals surface area contributed by atoms with E-state index in [0.717, 1.165) is 29.7 Å². The second-order valence-corrected chi connectivity index (χ2v) is 6.14. The number of furan rings is 1. The number of ether oxygens (including phenoxy) is 2. The highest BCUT2D eigenvalue weighted by atomic mass is 16.5. The minimum absolute atomic E-state index is 0.253. The van der Waals surface area contributed by atoms with Crippen LogP contribution in [0.4, 0.5) is 0 Å². The van der Waals surface area contributed by atoms with Crippen molar-refractivity contribution >= 4 is 11.0 Å². The largest absolute Gasteiger partial charge is 0.492 e. The Morgan fingerprint density at radius 1 is 1.27 bits per heavy atom. The number of hydrogen-bond donors (Lipinski definition) is 1. The van der Waals surface area contributed by atoms with Crippen molar-refractivity contribution in [3.8, 4) is 28.8 Å². The Hall–Kier alpha value is -3.13.